The van der Waals surface area contributed by atoms with Gasteiger partial charge >= 0.3 is 0 Å². The molecule has 0 bridgehead atoms. The molecule has 138 valence electrons. The van der Waals surface area contributed by atoms with Crippen LogP contribution in [0.1, 0.15) is 35.7 Å². The third-order valence-electron chi connectivity index (χ3n) is 4.13. The largest absolute Gasteiger partial charge is 0.494 e. The summed E-state index contributed by atoms with van der Waals surface area (Å²) in [5.74, 6) is 3.03. The second-order valence-electron chi connectivity index (χ2n) is 6.29. The van der Waals surface area contributed by atoms with Crippen LogP contribution in [0.3, 0.4) is 0 Å². The van der Waals surface area contributed by atoms with E-state index in [1.165, 1.54) is 11.3 Å². The molecule has 0 N–H and O–H groups in total. The fraction of sp³-hybridized carbons (Fsp3) is 0.273. The molecule has 3 rings (SSSR count). The number of benzene rings is 2. The number of aromatic nitrogens is 1. The van der Waals surface area contributed by atoms with Crippen molar-refractivity contribution in [3.8, 4) is 18.1 Å². The van der Waals surface area contributed by atoms with Crippen molar-refractivity contribution in [3.63, 3.8) is 0 Å². The number of carbonyl (C=O) groups excluding carboxylic acids is 1. The number of thiazole rings is 1. The molecule has 1 heterocycles. The Morgan fingerprint density at radius 3 is 2.93 bits per heavy atom. The molecule has 0 atom stereocenters. The van der Waals surface area contributed by atoms with E-state index < -0.39 is 0 Å². The average Bonchev–Trinajstić information content (AvgIpc) is 2.99. The van der Waals surface area contributed by atoms with Gasteiger partial charge in [0.05, 0.1) is 23.4 Å². The fourth-order valence-corrected chi connectivity index (χ4v) is 3.84. The molecular formula is C22H22N2O2S. The van der Waals surface area contributed by atoms with E-state index >= 15 is 0 Å². The molecule has 0 fully saturated rings. The van der Waals surface area contributed by atoms with E-state index in [9.17, 15) is 4.79 Å². The van der Waals surface area contributed by atoms with Crippen LogP contribution in [0.2, 0.25) is 0 Å². The van der Waals surface area contributed by atoms with Gasteiger partial charge in [-0.1, -0.05) is 42.7 Å². The molecule has 0 saturated carbocycles. The molecule has 5 heteroatoms. The number of hydrogen-bond donors (Lipinski definition) is 0. The Kier molecular flexibility index (Phi) is 6.10. The lowest BCUT2D eigenvalue weighted by Gasteiger charge is -2.05. The monoisotopic (exact) mass is 378 g/mol. The van der Waals surface area contributed by atoms with Gasteiger partial charge in [0.1, 0.15) is 5.75 Å². The Hall–Kier alpha value is -2.84. The number of carbonyl (C=O) groups is 1. The summed E-state index contributed by atoms with van der Waals surface area (Å²) in [7, 11) is 0. The highest BCUT2D eigenvalue weighted by atomic mass is 32.1. The van der Waals surface area contributed by atoms with Crippen LogP contribution in [0.15, 0.2) is 47.5 Å². The molecule has 0 radical (unpaired) electrons. The van der Waals surface area contributed by atoms with Gasteiger partial charge in [-0.25, -0.2) is 0 Å². The maximum Gasteiger partial charge on any atom is 0.279 e. The standard InChI is InChI=1S/C22H22N2O2S/c1-4-6-13-26-18-9-7-8-17(15-18)21(25)23-22-24(12-5-2)19-11-10-16(3)14-20(19)27-22/h2,7-11,14-15H,4,6,12-13H2,1,3H3. The molecule has 1 amide bonds. The van der Waals surface area contributed by atoms with Crippen LogP contribution in [0.5, 0.6) is 5.75 Å². The van der Waals surface area contributed by atoms with Crippen molar-refractivity contribution in [2.45, 2.75) is 33.2 Å². The maximum atomic E-state index is 12.7. The van der Waals surface area contributed by atoms with Crippen LogP contribution in [0.25, 0.3) is 10.2 Å². The first-order chi connectivity index (χ1) is 13.1. The normalized spacial score (nSPS) is 11.5. The van der Waals surface area contributed by atoms with E-state index in [-0.39, 0.29) is 5.91 Å². The van der Waals surface area contributed by atoms with Crippen LogP contribution in [0.4, 0.5) is 0 Å². The number of amides is 1. The van der Waals surface area contributed by atoms with E-state index in [2.05, 4.69) is 23.9 Å². The molecule has 27 heavy (non-hydrogen) atoms. The molecule has 0 unspecified atom stereocenters. The maximum absolute atomic E-state index is 12.7. The first kappa shape index (κ1) is 18.9. The second kappa shape index (κ2) is 8.70. The SMILES string of the molecule is C#CCn1c(=NC(=O)c2cccc(OCCCC)c2)sc2cc(C)ccc21. The summed E-state index contributed by atoms with van der Waals surface area (Å²) in [4.78, 5) is 17.7. The predicted molar refractivity (Wildman–Crippen MR) is 110 cm³/mol. The smallest absolute Gasteiger partial charge is 0.279 e. The lowest BCUT2D eigenvalue weighted by Crippen LogP contribution is -2.16. The minimum atomic E-state index is -0.301. The minimum absolute atomic E-state index is 0.301. The molecule has 2 aromatic carbocycles. The number of fused-ring (bicyclic) bond motifs is 1. The summed E-state index contributed by atoms with van der Waals surface area (Å²) in [5, 5.41) is 0. The number of hydrogen-bond acceptors (Lipinski definition) is 3. The van der Waals surface area contributed by atoms with Gasteiger partial charge in [-0.2, -0.15) is 4.99 Å². The minimum Gasteiger partial charge on any atom is -0.494 e. The zero-order chi connectivity index (χ0) is 19.2. The van der Waals surface area contributed by atoms with Crippen LogP contribution in [-0.2, 0) is 6.54 Å². The van der Waals surface area contributed by atoms with E-state index in [0.29, 0.717) is 29.3 Å². The molecule has 0 aliphatic rings. The van der Waals surface area contributed by atoms with Crippen LogP contribution in [-0.4, -0.2) is 17.1 Å². The van der Waals surface area contributed by atoms with Gasteiger partial charge in [-0.3, -0.25) is 4.79 Å². The zero-order valence-corrected chi connectivity index (χ0v) is 16.4. The molecule has 1 aromatic heterocycles. The second-order valence-corrected chi connectivity index (χ2v) is 7.30. The Bertz CT molecular complexity index is 1070. The van der Waals surface area contributed by atoms with Gasteiger partial charge in [0.2, 0.25) is 0 Å². The average molecular weight is 378 g/mol. The predicted octanol–water partition coefficient (Wildman–Crippen LogP) is 4.56. The van der Waals surface area contributed by atoms with Gasteiger partial charge in [0.25, 0.3) is 5.91 Å². The van der Waals surface area contributed by atoms with Crippen molar-refractivity contribution in [2.24, 2.45) is 4.99 Å². The van der Waals surface area contributed by atoms with Gasteiger partial charge in [0.15, 0.2) is 4.80 Å². The van der Waals surface area contributed by atoms with Gasteiger partial charge in [-0.15, -0.1) is 6.42 Å². The quantitative estimate of drug-likeness (QED) is 0.466. The first-order valence-electron chi connectivity index (χ1n) is 8.97. The highest BCUT2D eigenvalue weighted by molar-refractivity contribution is 7.16. The van der Waals surface area contributed by atoms with Crippen molar-refractivity contribution in [2.75, 3.05) is 6.61 Å². The lowest BCUT2D eigenvalue weighted by atomic mass is 10.2. The summed E-state index contributed by atoms with van der Waals surface area (Å²) in [5.41, 5.74) is 2.66. The number of nitrogens with zero attached hydrogens (tertiary/aromatic N) is 2. The van der Waals surface area contributed by atoms with Crippen LogP contribution < -0.4 is 9.54 Å². The molecular weight excluding hydrogens is 356 g/mol. The highest BCUT2D eigenvalue weighted by Gasteiger charge is 2.10. The van der Waals surface area contributed by atoms with E-state index in [1.54, 1.807) is 12.1 Å². The zero-order valence-electron chi connectivity index (χ0n) is 15.6. The summed E-state index contributed by atoms with van der Waals surface area (Å²) in [6.07, 6.45) is 7.57. The van der Waals surface area contributed by atoms with Crippen molar-refractivity contribution in [1.29, 1.82) is 0 Å². The summed E-state index contributed by atoms with van der Waals surface area (Å²) >= 11 is 1.47. The first-order valence-corrected chi connectivity index (χ1v) is 9.79. The van der Waals surface area contributed by atoms with E-state index in [4.69, 9.17) is 11.2 Å². The van der Waals surface area contributed by atoms with Crippen LogP contribution in [0, 0.1) is 19.3 Å². The Balaban J connectivity index is 1.96. The summed E-state index contributed by atoms with van der Waals surface area (Å²) < 4.78 is 8.65. The molecule has 0 aliphatic heterocycles. The van der Waals surface area contributed by atoms with Crippen molar-refractivity contribution >= 4 is 27.5 Å². The van der Waals surface area contributed by atoms with Gasteiger partial charge in [-0.05, 0) is 49.2 Å². The summed E-state index contributed by atoms with van der Waals surface area (Å²) in [6.45, 7) is 5.16. The Morgan fingerprint density at radius 1 is 1.30 bits per heavy atom. The van der Waals surface area contributed by atoms with Crippen LogP contribution >= 0.6 is 11.3 Å². The molecule has 4 nitrogen and oxygen atoms in total. The molecule has 0 saturated heterocycles. The molecule has 3 aromatic rings. The fourth-order valence-electron chi connectivity index (χ4n) is 2.71. The number of terminal acetylenes is 1. The van der Waals surface area contributed by atoms with Gasteiger partial charge < -0.3 is 9.30 Å². The molecule has 0 spiro atoms. The topological polar surface area (TPSA) is 43.6 Å². The third kappa shape index (κ3) is 4.47. The van der Waals surface area contributed by atoms with Gasteiger partial charge in [0, 0.05) is 5.56 Å². The molecule has 0 aliphatic carbocycles. The number of ether oxygens (including phenoxy) is 1. The van der Waals surface area contributed by atoms with E-state index in [0.717, 1.165) is 28.6 Å². The van der Waals surface area contributed by atoms with E-state index in [1.807, 2.05) is 35.8 Å². The van der Waals surface area contributed by atoms with Crippen molar-refractivity contribution in [1.82, 2.24) is 4.57 Å². The number of unbranched alkanes of at least 4 members (excludes halogenated alkanes) is 1. The third-order valence-corrected chi connectivity index (χ3v) is 5.17. The Morgan fingerprint density at radius 2 is 2.15 bits per heavy atom. The highest BCUT2D eigenvalue weighted by Crippen LogP contribution is 2.19. The van der Waals surface area contributed by atoms with Crippen molar-refractivity contribution in [3.05, 3.63) is 58.4 Å². The number of rotatable bonds is 6. The summed E-state index contributed by atoms with van der Waals surface area (Å²) in [6, 6.07) is 13.3. The number of aryl methyl sites for hydroxylation is 1. The Labute approximate surface area is 163 Å². The lowest BCUT2D eigenvalue weighted by molar-refractivity contribution is 0.0997. The van der Waals surface area contributed by atoms with Crippen molar-refractivity contribution < 1.29 is 9.53 Å².